The highest BCUT2D eigenvalue weighted by molar-refractivity contribution is 8.00. The van der Waals surface area contributed by atoms with Gasteiger partial charge in [0.05, 0.1) is 12.4 Å². The lowest BCUT2D eigenvalue weighted by Crippen LogP contribution is -2.26. The SMILES string of the molecule is CC(C)CCNC(=O)CSc1cccc(CO)c1. The van der Waals surface area contributed by atoms with Gasteiger partial charge in [-0.15, -0.1) is 11.8 Å². The number of benzene rings is 1. The van der Waals surface area contributed by atoms with Crippen molar-refractivity contribution in [2.75, 3.05) is 12.3 Å². The highest BCUT2D eigenvalue weighted by Crippen LogP contribution is 2.18. The van der Waals surface area contributed by atoms with E-state index in [0.717, 1.165) is 23.4 Å². The second kappa shape index (κ2) is 8.16. The van der Waals surface area contributed by atoms with Crippen LogP contribution in [0.5, 0.6) is 0 Å². The molecule has 100 valence electrons. The van der Waals surface area contributed by atoms with Crippen LogP contribution in [0.25, 0.3) is 0 Å². The van der Waals surface area contributed by atoms with E-state index in [4.69, 9.17) is 5.11 Å². The van der Waals surface area contributed by atoms with Crippen LogP contribution < -0.4 is 5.32 Å². The molecule has 0 saturated carbocycles. The number of hydrogen-bond donors (Lipinski definition) is 2. The van der Waals surface area contributed by atoms with Crippen molar-refractivity contribution in [2.45, 2.75) is 31.8 Å². The zero-order chi connectivity index (χ0) is 13.4. The maximum Gasteiger partial charge on any atom is 0.230 e. The van der Waals surface area contributed by atoms with E-state index in [-0.39, 0.29) is 12.5 Å². The molecule has 3 nitrogen and oxygen atoms in total. The quantitative estimate of drug-likeness (QED) is 0.746. The Hall–Kier alpha value is -1.00. The van der Waals surface area contributed by atoms with Crippen LogP contribution in [-0.2, 0) is 11.4 Å². The maximum atomic E-state index is 11.6. The third-order valence-electron chi connectivity index (χ3n) is 2.49. The predicted octanol–water partition coefficient (Wildman–Crippen LogP) is 2.43. The molecule has 0 unspecified atom stereocenters. The van der Waals surface area contributed by atoms with Crippen molar-refractivity contribution >= 4 is 17.7 Å². The fraction of sp³-hybridized carbons (Fsp3) is 0.500. The third kappa shape index (κ3) is 6.07. The van der Waals surface area contributed by atoms with E-state index in [9.17, 15) is 4.79 Å². The smallest absolute Gasteiger partial charge is 0.230 e. The first-order valence-corrected chi connectivity index (χ1v) is 7.19. The van der Waals surface area contributed by atoms with Gasteiger partial charge in [-0.2, -0.15) is 0 Å². The number of carbonyl (C=O) groups is 1. The summed E-state index contributed by atoms with van der Waals surface area (Å²) in [5.41, 5.74) is 0.875. The minimum Gasteiger partial charge on any atom is -0.392 e. The number of thioether (sulfide) groups is 1. The molecule has 0 aromatic heterocycles. The predicted molar refractivity (Wildman–Crippen MR) is 75.6 cm³/mol. The van der Waals surface area contributed by atoms with E-state index >= 15 is 0 Å². The van der Waals surface area contributed by atoms with Gasteiger partial charge in [0.2, 0.25) is 5.91 Å². The number of hydrogen-bond acceptors (Lipinski definition) is 3. The Labute approximate surface area is 113 Å². The van der Waals surface area contributed by atoms with Crippen LogP contribution in [0.2, 0.25) is 0 Å². The molecular formula is C14H21NO2S. The summed E-state index contributed by atoms with van der Waals surface area (Å²) in [6.45, 7) is 5.06. The van der Waals surface area contributed by atoms with E-state index in [1.165, 1.54) is 11.8 Å². The zero-order valence-corrected chi connectivity index (χ0v) is 11.8. The Kier molecular flexibility index (Phi) is 6.83. The Morgan fingerprint density at radius 3 is 2.89 bits per heavy atom. The molecule has 18 heavy (non-hydrogen) atoms. The van der Waals surface area contributed by atoms with Crippen molar-refractivity contribution in [3.8, 4) is 0 Å². The summed E-state index contributed by atoms with van der Waals surface area (Å²) in [5.74, 6) is 1.10. The Morgan fingerprint density at radius 2 is 2.22 bits per heavy atom. The summed E-state index contributed by atoms with van der Waals surface area (Å²) in [4.78, 5) is 12.6. The van der Waals surface area contributed by atoms with Gasteiger partial charge in [0.1, 0.15) is 0 Å². The lowest BCUT2D eigenvalue weighted by molar-refractivity contribution is -0.118. The van der Waals surface area contributed by atoms with Crippen molar-refractivity contribution in [1.82, 2.24) is 5.32 Å². The molecule has 1 amide bonds. The molecule has 1 aromatic carbocycles. The van der Waals surface area contributed by atoms with Crippen molar-refractivity contribution in [3.63, 3.8) is 0 Å². The Bertz CT molecular complexity index is 380. The summed E-state index contributed by atoms with van der Waals surface area (Å²) in [6, 6.07) is 7.62. The fourth-order valence-corrected chi connectivity index (χ4v) is 2.24. The number of aliphatic hydroxyl groups excluding tert-OH is 1. The molecule has 0 aliphatic heterocycles. The number of carbonyl (C=O) groups excluding carboxylic acids is 1. The van der Waals surface area contributed by atoms with Gasteiger partial charge in [0.25, 0.3) is 0 Å². The van der Waals surface area contributed by atoms with Crippen molar-refractivity contribution < 1.29 is 9.90 Å². The Balaban J connectivity index is 2.29. The average molecular weight is 267 g/mol. The normalized spacial score (nSPS) is 10.7. The van der Waals surface area contributed by atoms with Crippen molar-refractivity contribution in [1.29, 1.82) is 0 Å². The molecule has 0 radical (unpaired) electrons. The molecule has 4 heteroatoms. The van der Waals surface area contributed by atoms with Gasteiger partial charge in [-0.05, 0) is 30.0 Å². The minimum absolute atomic E-state index is 0.0367. The Morgan fingerprint density at radius 1 is 1.44 bits per heavy atom. The van der Waals surface area contributed by atoms with Crippen LogP contribution in [0.3, 0.4) is 0 Å². The molecule has 0 atom stereocenters. The molecule has 1 aromatic rings. The minimum atomic E-state index is 0.0367. The maximum absolute atomic E-state index is 11.6. The van der Waals surface area contributed by atoms with Crippen molar-refractivity contribution in [2.24, 2.45) is 5.92 Å². The van der Waals surface area contributed by atoms with Gasteiger partial charge in [0, 0.05) is 11.4 Å². The monoisotopic (exact) mass is 267 g/mol. The largest absolute Gasteiger partial charge is 0.392 e. The molecule has 2 N–H and O–H groups in total. The topological polar surface area (TPSA) is 49.3 Å². The van der Waals surface area contributed by atoms with Gasteiger partial charge in [-0.25, -0.2) is 0 Å². The first kappa shape index (κ1) is 15.1. The lowest BCUT2D eigenvalue weighted by atomic mass is 10.1. The highest BCUT2D eigenvalue weighted by Gasteiger charge is 2.03. The summed E-state index contributed by atoms with van der Waals surface area (Å²) < 4.78 is 0. The van der Waals surface area contributed by atoms with Crippen LogP contribution in [-0.4, -0.2) is 23.3 Å². The third-order valence-corrected chi connectivity index (χ3v) is 3.49. The van der Waals surface area contributed by atoms with Gasteiger partial charge >= 0.3 is 0 Å². The van der Waals surface area contributed by atoms with Gasteiger partial charge < -0.3 is 10.4 Å². The summed E-state index contributed by atoms with van der Waals surface area (Å²) in [7, 11) is 0. The lowest BCUT2D eigenvalue weighted by Gasteiger charge is -2.07. The molecule has 0 fully saturated rings. The molecule has 0 saturated heterocycles. The first-order chi connectivity index (χ1) is 8.61. The highest BCUT2D eigenvalue weighted by atomic mass is 32.2. The summed E-state index contributed by atoms with van der Waals surface area (Å²) >= 11 is 1.49. The van der Waals surface area contributed by atoms with Crippen LogP contribution in [0.15, 0.2) is 29.2 Å². The second-order valence-electron chi connectivity index (χ2n) is 4.63. The van der Waals surface area contributed by atoms with Crippen LogP contribution in [0.4, 0.5) is 0 Å². The molecule has 0 aliphatic carbocycles. The summed E-state index contributed by atoms with van der Waals surface area (Å²) in [5, 5.41) is 11.9. The van der Waals surface area contributed by atoms with Crippen molar-refractivity contribution in [3.05, 3.63) is 29.8 Å². The van der Waals surface area contributed by atoms with E-state index in [1.807, 2.05) is 24.3 Å². The molecule has 0 bridgehead atoms. The van der Waals surface area contributed by atoms with Gasteiger partial charge in [0.15, 0.2) is 0 Å². The van der Waals surface area contributed by atoms with E-state index in [2.05, 4.69) is 19.2 Å². The fourth-order valence-electron chi connectivity index (χ4n) is 1.43. The van der Waals surface area contributed by atoms with Gasteiger partial charge in [-0.1, -0.05) is 26.0 Å². The van der Waals surface area contributed by atoms with E-state index < -0.39 is 0 Å². The average Bonchev–Trinajstić information content (AvgIpc) is 2.36. The molecular weight excluding hydrogens is 246 g/mol. The number of aliphatic hydroxyl groups is 1. The number of amides is 1. The first-order valence-electron chi connectivity index (χ1n) is 6.21. The number of rotatable bonds is 7. The van der Waals surface area contributed by atoms with E-state index in [1.54, 1.807) is 0 Å². The van der Waals surface area contributed by atoms with Crippen LogP contribution in [0.1, 0.15) is 25.8 Å². The molecule has 1 rings (SSSR count). The molecule has 0 spiro atoms. The van der Waals surface area contributed by atoms with Gasteiger partial charge in [-0.3, -0.25) is 4.79 Å². The molecule has 0 aliphatic rings. The molecule has 0 heterocycles. The zero-order valence-electron chi connectivity index (χ0n) is 11.0. The summed E-state index contributed by atoms with van der Waals surface area (Å²) in [6.07, 6.45) is 1.01. The van der Waals surface area contributed by atoms with E-state index in [0.29, 0.717) is 11.7 Å². The van der Waals surface area contributed by atoms with Crippen LogP contribution >= 0.6 is 11.8 Å². The second-order valence-corrected chi connectivity index (χ2v) is 5.68. The number of nitrogens with one attached hydrogen (secondary N) is 1. The van der Waals surface area contributed by atoms with Crippen LogP contribution in [0, 0.1) is 5.92 Å². The standard InChI is InChI=1S/C14H21NO2S/c1-11(2)6-7-15-14(17)10-18-13-5-3-4-12(8-13)9-16/h3-5,8,11,16H,6-7,9-10H2,1-2H3,(H,15,17).